The number of aromatic nitrogens is 1. The van der Waals surface area contributed by atoms with Crippen LogP contribution in [-0.2, 0) is 28.2 Å². The van der Waals surface area contributed by atoms with Gasteiger partial charge < -0.3 is 29.9 Å². The molecular weight excluding hydrogens is 674 g/mol. The van der Waals surface area contributed by atoms with Crippen molar-refractivity contribution in [2.24, 2.45) is 5.92 Å². The molecule has 3 N–H and O–H groups in total. The maximum absolute atomic E-state index is 12.7. The number of carbonyl (C=O) groups is 1. The zero-order valence-electron chi connectivity index (χ0n) is 29.2. The van der Waals surface area contributed by atoms with Gasteiger partial charge in [-0.25, -0.2) is 0 Å². The Bertz CT molecular complexity index is 1930. The second-order valence-corrected chi connectivity index (χ2v) is 14.3. The summed E-state index contributed by atoms with van der Waals surface area (Å²) in [7, 11) is 0. The summed E-state index contributed by atoms with van der Waals surface area (Å²) in [6.45, 7) is 4.73. The van der Waals surface area contributed by atoms with Crippen LogP contribution in [0.4, 0.5) is 0 Å². The van der Waals surface area contributed by atoms with Gasteiger partial charge in [-0.2, -0.15) is 0 Å². The number of aliphatic hydroxyl groups excluding tert-OH is 1. The van der Waals surface area contributed by atoms with Gasteiger partial charge in [0.25, 0.3) is 5.91 Å². The number of benzene rings is 4. The minimum atomic E-state index is -0.881. The molecule has 3 heterocycles. The van der Waals surface area contributed by atoms with Crippen LogP contribution in [0.25, 0.3) is 11.1 Å². The fourth-order valence-electron chi connectivity index (χ4n) is 7.29. The number of pyridine rings is 1. The molecule has 0 aliphatic carbocycles. The third-order valence-corrected chi connectivity index (χ3v) is 10.8. The van der Waals surface area contributed by atoms with Crippen LogP contribution in [-0.4, -0.2) is 51.7 Å². The Kier molecular flexibility index (Phi) is 11.1. The van der Waals surface area contributed by atoms with Gasteiger partial charge in [0.2, 0.25) is 0 Å². The van der Waals surface area contributed by atoms with E-state index in [2.05, 4.69) is 52.5 Å². The van der Waals surface area contributed by atoms with Gasteiger partial charge in [0.05, 0.1) is 30.0 Å². The predicted octanol–water partition coefficient (Wildman–Crippen LogP) is 7.60. The molecule has 7 rings (SSSR count). The lowest BCUT2D eigenvalue weighted by Crippen LogP contribution is -2.49. The van der Waals surface area contributed by atoms with Crippen LogP contribution in [0.3, 0.4) is 0 Å². The van der Waals surface area contributed by atoms with Crippen LogP contribution in [0.15, 0.2) is 122 Å². The van der Waals surface area contributed by atoms with Gasteiger partial charge in [-0.05, 0) is 70.5 Å². The smallest absolute Gasteiger partial charge is 0.253 e. The van der Waals surface area contributed by atoms with E-state index < -0.39 is 11.9 Å². The minimum Gasteiger partial charge on any atom is -0.392 e. The van der Waals surface area contributed by atoms with Crippen LogP contribution >= 0.6 is 11.6 Å². The zero-order valence-corrected chi connectivity index (χ0v) is 30.0. The highest BCUT2D eigenvalue weighted by Gasteiger charge is 2.41. The predicted molar refractivity (Wildman–Crippen MR) is 201 cm³/mol. The van der Waals surface area contributed by atoms with Gasteiger partial charge in [0, 0.05) is 55.1 Å². The van der Waals surface area contributed by atoms with Crippen molar-refractivity contribution in [2.75, 3.05) is 19.6 Å². The first-order valence-electron chi connectivity index (χ1n) is 17.9. The number of halogens is 1. The summed E-state index contributed by atoms with van der Waals surface area (Å²) in [6, 6.07) is 35.3. The number of hydrogen-bond acceptors (Lipinski definition) is 7. The van der Waals surface area contributed by atoms with Gasteiger partial charge in [-0.3, -0.25) is 9.78 Å². The summed E-state index contributed by atoms with van der Waals surface area (Å²) in [4.78, 5) is 19.1. The maximum atomic E-state index is 12.7. The van der Waals surface area contributed by atoms with Crippen molar-refractivity contribution >= 4 is 17.5 Å². The lowest BCUT2D eigenvalue weighted by atomic mass is 9.84. The third-order valence-electron chi connectivity index (χ3n) is 10.5. The average molecular weight is 718 g/mol. The van der Waals surface area contributed by atoms with Crippen molar-refractivity contribution < 1.29 is 24.5 Å². The highest BCUT2D eigenvalue weighted by Crippen LogP contribution is 2.43. The lowest BCUT2D eigenvalue weighted by molar-refractivity contribution is -0.277. The molecule has 4 aromatic carbocycles. The number of nitrogens with one attached hydrogen (secondary N) is 1. The SMILES string of the molecule is C[C@H]1[C@@H](CN2CCC(O)(c3ccc(Cl)cc3)CC2)O[C@@H](c2ccc(-c3ccccc3CNC(=O)c3cccnc3)cc2)O[C@H]1c1ccc(CO)cc1. The molecule has 0 radical (unpaired) electrons. The summed E-state index contributed by atoms with van der Waals surface area (Å²) in [6.07, 6.45) is 3.50. The van der Waals surface area contributed by atoms with Gasteiger partial charge in [0.15, 0.2) is 6.29 Å². The van der Waals surface area contributed by atoms with Crippen LogP contribution in [0.1, 0.15) is 70.3 Å². The number of piperidine rings is 1. The monoisotopic (exact) mass is 717 g/mol. The van der Waals surface area contributed by atoms with E-state index in [-0.39, 0.29) is 30.6 Å². The molecule has 1 amide bonds. The molecule has 0 spiro atoms. The van der Waals surface area contributed by atoms with E-state index in [0.717, 1.165) is 52.0 Å². The first kappa shape index (κ1) is 36.0. The van der Waals surface area contributed by atoms with E-state index >= 15 is 0 Å². The lowest BCUT2D eigenvalue weighted by Gasteiger charge is -2.45. The summed E-state index contributed by atoms with van der Waals surface area (Å²) < 4.78 is 13.5. The standard InChI is InChI=1S/C43H44ClN3O5/c1-29-39(27-47-23-20-43(50,21-24-47)36-16-18-37(44)19-17-36)51-42(52-40(29)32-10-8-30(28-48)9-11-32)33-14-12-31(13-15-33)38-7-3-2-5-34(38)26-46-41(49)35-6-4-22-45-25-35/h2-19,22,25,29,39-40,42,48,50H,20-21,23-24,26-28H2,1H3,(H,46,49)/t29-,39+,40+,42+/m0/s1. The molecule has 268 valence electrons. The van der Waals surface area contributed by atoms with E-state index in [0.29, 0.717) is 36.5 Å². The first-order chi connectivity index (χ1) is 25.3. The van der Waals surface area contributed by atoms with Crippen LogP contribution < -0.4 is 5.32 Å². The van der Waals surface area contributed by atoms with Crippen molar-refractivity contribution in [3.05, 3.63) is 160 Å². The summed E-state index contributed by atoms with van der Waals surface area (Å²) in [5, 5.41) is 24.8. The number of hydrogen-bond donors (Lipinski definition) is 3. The van der Waals surface area contributed by atoms with E-state index in [1.807, 2.05) is 66.7 Å². The number of aliphatic hydroxyl groups is 2. The van der Waals surface area contributed by atoms with Gasteiger partial charge in [-0.1, -0.05) is 103 Å². The molecule has 2 aliphatic rings. The molecule has 9 heteroatoms. The van der Waals surface area contributed by atoms with Crippen molar-refractivity contribution in [1.82, 2.24) is 15.2 Å². The largest absolute Gasteiger partial charge is 0.392 e. The van der Waals surface area contributed by atoms with Gasteiger partial charge in [0.1, 0.15) is 0 Å². The number of ether oxygens (including phenoxy) is 2. The second kappa shape index (κ2) is 16.1. The summed E-state index contributed by atoms with van der Waals surface area (Å²) in [5.41, 5.74) is 6.40. The number of amides is 1. The van der Waals surface area contributed by atoms with E-state index in [4.69, 9.17) is 21.1 Å². The number of likely N-dealkylation sites (tertiary alicyclic amines) is 1. The van der Waals surface area contributed by atoms with Crippen LogP contribution in [0, 0.1) is 5.92 Å². The molecule has 1 aromatic heterocycles. The van der Waals surface area contributed by atoms with Crippen LogP contribution in [0.5, 0.6) is 0 Å². The molecule has 4 atom stereocenters. The molecule has 8 nitrogen and oxygen atoms in total. The second-order valence-electron chi connectivity index (χ2n) is 13.9. The highest BCUT2D eigenvalue weighted by molar-refractivity contribution is 6.30. The molecule has 2 saturated heterocycles. The molecule has 0 unspecified atom stereocenters. The quantitative estimate of drug-likeness (QED) is 0.137. The topological polar surface area (TPSA) is 104 Å². The number of nitrogens with zero attached hydrogens (tertiary/aromatic N) is 2. The molecule has 0 saturated carbocycles. The minimum absolute atomic E-state index is 0.0145. The Morgan fingerprint density at radius 3 is 2.31 bits per heavy atom. The third kappa shape index (κ3) is 8.13. The number of rotatable bonds is 10. The molecule has 0 bridgehead atoms. The summed E-state index contributed by atoms with van der Waals surface area (Å²) in [5.74, 6) is -0.127. The fourth-order valence-corrected chi connectivity index (χ4v) is 7.41. The molecule has 52 heavy (non-hydrogen) atoms. The Balaban J connectivity index is 1.08. The van der Waals surface area contributed by atoms with Crippen LogP contribution in [0.2, 0.25) is 5.02 Å². The van der Waals surface area contributed by atoms with Crippen molar-refractivity contribution in [3.63, 3.8) is 0 Å². The van der Waals surface area contributed by atoms with Gasteiger partial charge in [-0.15, -0.1) is 0 Å². The highest BCUT2D eigenvalue weighted by atomic mass is 35.5. The first-order valence-corrected chi connectivity index (χ1v) is 18.3. The molecular formula is C43H44ClN3O5. The summed E-state index contributed by atoms with van der Waals surface area (Å²) >= 11 is 6.11. The van der Waals surface area contributed by atoms with E-state index in [1.54, 1.807) is 24.5 Å². The Morgan fingerprint density at radius 2 is 1.62 bits per heavy atom. The normalized spacial score (nSPS) is 21.8. The molecule has 2 fully saturated rings. The molecule has 2 aliphatic heterocycles. The Labute approximate surface area is 310 Å². The number of carbonyl (C=O) groups excluding carboxylic acids is 1. The average Bonchev–Trinajstić information content (AvgIpc) is 3.19. The van der Waals surface area contributed by atoms with Crippen molar-refractivity contribution in [1.29, 1.82) is 0 Å². The zero-order chi connectivity index (χ0) is 36.1. The maximum Gasteiger partial charge on any atom is 0.253 e. The van der Waals surface area contributed by atoms with E-state index in [1.165, 1.54) is 0 Å². The van der Waals surface area contributed by atoms with Crippen molar-refractivity contribution in [3.8, 4) is 11.1 Å². The Hall–Kier alpha value is -4.41. The molecule has 5 aromatic rings. The van der Waals surface area contributed by atoms with Gasteiger partial charge >= 0.3 is 0 Å². The van der Waals surface area contributed by atoms with Crippen molar-refractivity contribution in [2.45, 2.75) is 57.0 Å². The Morgan fingerprint density at radius 1 is 0.904 bits per heavy atom. The van der Waals surface area contributed by atoms with E-state index in [9.17, 15) is 15.0 Å². The fraction of sp³-hybridized carbons (Fsp3) is 0.302.